The minimum Gasteiger partial charge on any atom is -0.378 e. The molecule has 0 atom stereocenters. The fourth-order valence-corrected chi connectivity index (χ4v) is 3.83. The van der Waals surface area contributed by atoms with E-state index < -0.39 is 10.0 Å². The molecule has 0 spiro atoms. The van der Waals surface area contributed by atoms with Gasteiger partial charge in [-0.15, -0.1) is 11.3 Å². The molecule has 0 fully saturated rings. The number of aryl methyl sites for hydroxylation is 1. The van der Waals surface area contributed by atoms with Gasteiger partial charge in [0, 0.05) is 20.8 Å². The maximum Gasteiger partial charge on any atom is 0.229 e. The van der Waals surface area contributed by atoms with E-state index in [0.29, 0.717) is 12.2 Å². The molecule has 0 aliphatic heterocycles. The van der Waals surface area contributed by atoms with Crippen molar-refractivity contribution in [1.29, 1.82) is 0 Å². The Hall–Kier alpha value is -1.05. The van der Waals surface area contributed by atoms with Gasteiger partial charge in [0.25, 0.3) is 0 Å². The van der Waals surface area contributed by atoms with Crippen LogP contribution in [0.25, 0.3) is 0 Å². The Kier molecular flexibility index (Phi) is 4.72. The number of benzene rings is 1. The molecule has 0 aliphatic rings. The molecule has 0 amide bonds. The Morgan fingerprint density at radius 2 is 1.90 bits per heavy atom. The van der Waals surface area contributed by atoms with E-state index in [4.69, 9.17) is 0 Å². The summed E-state index contributed by atoms with van der Waals surface area (Å²) < 4.78 is 26.3. The second kappa shape index (κ2) is 6.15. The summed E-state index contributed by atoms with van der Waals surface area (Å²) in [6, 6.07) is 9.32. The zero-order chi connectivity index (χ0) is 14.8. The first kappa shape index (κ1) is 15.3. The largest absolute Gasteiger partial charge is 0.378 e. The van der Waals surface area contributed by atoms with Crippen LogP contribution in [-0.4, -0.2) is 14.7 Å². The van der Waals surface area contributed by atoms with E-state index in [9.17, 15) is 8.42 Å². The Morgan fingerprint density at radius 3 is 2.45 bits per heavy atom. The van der Waals surface area contributed by atoms with Crippen LogP contribution < -0.4 is 10.0 Å². The first-order valence-electron chi connectivity index (χ1n) is 5.90. The van der Waals surface area contributed by atoms with Crippen molar-refractivity contribution < 1.29 is 8.42 Å². The quantitative estimate of drug-likeness (QED) is 0.836. The summed E-state index contributed by atoms with van der Waals surface area (Å²) in [5.74, 6) is 0. The van der Waals surface area contributed by atoms with Gasteiger partial charge in [-0.1, -0.05) is 12.1 Å². The molecule has 4 nitrogen and oxygen atoms in total. The van der Waals surface area contributed by atoms with Crippen LogP contribution in [0.3, 0.4) is 0 Å². The van der Waals surface area contributed by atoms with E-state index in [2.05, 4.69) is 39.0 Å². The Labute approximate surface area is 131 Å². The van der Waals surface area contributed by atoms with Crippen LogP contribution in [0.5, 0.6) is 0 Å². The van der Waals surface area contributed by atoms with Crippen molar-refractivity contribution in [2.75, 3.05) is 16.3 Å². The van der Waals surface area contributed by atoms with Crippen molar-refractivity contribution in [2.45, 2.75) is 13.5 Å². The molecule has 2 rings (SSSR count). The zero-order valence-corrected chi connectivity index (χ0v) is 14.3. The Morgan fingerprint density at radius 1 is 1.25 bits per heavy atom. The molecular weight excluding hydrogens is 360 g/mol. The van der Waals surface area contributed by atoms with Crippen LogP contribution in [-0.2, 0) is 16.6 Å². The van der Waals surface area contributed by atoms with Gasteiger partial charge in [-0.3, -0.25) is 4.72 Å². The Bertz CT molecular complexity index is 691. The predicted octanol–water partition coefficient (Wildman–Crippen LogP) is 3.80. The molecule has 0 bridgehead atoms. The lowest BCUT2D eigenvalue weighted by Gasteiger charge is -2.12. The third-order valence-electron chi connectivity index (χ3n) is 2.58. The molecular formula is C13H15BrN2O2S2. The topological polar surface area (TPSA) is 58.2 Å². The number of thiophene rings is 1. The summed E-state index contributed by atoms with van der Waals surface area (Å²) in [6.07, 6.45) is 1.14. The first-order chi connectivity index (χ1) is 9.35. The Balaban J connectivity index is 2.13. The first-order valence-corrected chi connectivity index (χ1v) is 9.41. The minimum atomic E-state index is -3.28. The summed E-state index contributed by atoms with van der Waals surface area (Å²) in [7, 11) is -3.28. The third-order valence-corrected chi connectivity index (χ3v) is 5.31. The average molecular weight is 375 g/mol. The van der Waals surface area contributed by atoms with Gasteiger partial charge in [-0.2, -0.15) is 0 Å². The third kappa shape index (κ3) is 4.22. The molecule has 0 unspecified atom stereocenters. The summed E-state index contributed by atoms with van der Waals surface area (Å²) in [5.41, 5.74) is 1.32. The van der Waals surface area contributed by atoms with E-state index in [0.717, 1.165) is 16.4 Å². The second-order valence-corrected chi connectivity index (χ2v) is 8.33. The molecule has 7 heteroatoms. The molecule has 1 heterocycles. The maximum absolute atomic E-state index is 11.3. The summed E-state index contributed by atoms with van der Waals surface area (Å²) in [6.45, 7) is 2.71. The van der Waals surface area contributed by atoms with E-state index in [-0.39, 0.29) is 0 Å². The lowest BCUT2D eigenvalue weighted by atomic mass is 10.2. The molecule has 108 valence electrons. The average Bonchev–Trinajstić information content (AvgIpc) is 2.66. The van der Waals surface area contributed by atoms with Crippen LogP contribution in [0.4, 0.5) is 11.4 Å². The van der Waals surface area contributed by atoms with E-state index >= 15 is 0 Å². The number of sulfonamides is 1. The lowest BCUT2D eigenvalue weighted by Crippen LogP contribution is -2.11. The van der Waals surface area contributed by atoms with Crippen LogP contribution in [0.1, 0.15) is 9.75 Å². The number of para-hydroxylation sites is 2. The van der Waals surface area contributed by atoms with Crippen molar-refractivity contribution >= 4 is 48.7 Å². The monoisotopic (exact) mass is 374 g/mol. The molecule has 20 heavy (non-hydrogen) atoms. The van der Waals surface area contributed by atoms with Crippen molar-refractivity contribution in [3.05, 3.63) is 44.6 Å². The predicted molar refractivity (Wildman–Crippen MR) is 89.0 cm³/mol. The lowest BCUT2D eigenvalue weighted by molar-refractivity contribution is 0.607. The number of anilines is 2. The van der Waals surface area contributed by atoms with Crippen LogP contribution in [0, 0.1) is 6.92 Å². The highest BCUT2D eigenvalue weighted by Gasteiger charge is 2.08. The van der Waals surface area contributed by atoms with Gasteiger partial charge in [0.05, 0.1) is 17.6 Å². The van der Waals surface area contributed by atoms with Gasteiger partial charge >= 0.3 is 0 Å². The van der Waals surface area contributed by atoms with Gasteiger partial charge in [0.1, 0.15) is 0 Å². The van der Waals surface area contributed by atoms with Gasteiger partial charge in [-0.25, -0.2) is 8.42 Å². The fraction of sp³-hybridized carbons (Fsp3) is 0.231. The van der Waals surface area contributed by atoms with E-state index in [1.807, 2.05) is 12.1 Å². The van der Waals surface area contributed by atoms with Crippen molar-refractivity contribution in [3.63, 3.8) is 0 Å². The molecule has 0 saturated heterocycles. The van der Waals surface area contributed by atoms with E-state index in [1.54, 1.807) is 23.5 Å². The van der Waals surface area contributed by atoms with Crippen molar-refractivity contribution in [1.82, 2.24) is 0 Å². The maximum atomic E-state index is 11.3. The SMILES string of the molecule is Cc1sc(CNc2ccccc2NS(C)(=O)=O)cc1Br. The standard InChI is InChI=1S/C13H15BrN2O2S2/c1-9-11(14)7-10(19-9)8-15-12-5-3-4-6-13(12)16-20(2,17)18/h3-7,15-16H,8H2,1-2H3. The number of nitrogens with one attached hydrogen (secondary N) is 2. The normalized spacial score (nSPS) is 11.3. The summed E-state index contributed by atoms with van der Waals surface area (Å²) in [5, 5.41) is 3.26. The van der Waals surface area contributed by atoms with Gasteiger partial charge in [0.2, 0.25) is 10.0 Å². The number of halogens is 1. The van der Waals surface area contributed by atoms with E-state index in [1.165, 1.54) is 9.75 Å². The molecule has 0 saturated carbocycles. The second-order valence-electron chi connectivity index (χ2n) is 4.39. The highest BCUT2D eigenvalue weighted by atomic mass is 79.9. The summed E-state index contributed by atoms with van der Waals surface area (Å²) >= 11 is 5.19. The van der Waals surface area contributed by atoms with Crippen molar-refractivity contribution in [2.24, 2.45) is 0 Å². The molecule has 1 aromatic heterocycles. The molecule has 1 aromatic carbocycles. The number of hydrogen-bond donors (Lipinski definition) is 2. The molecule has 2 aromatic rings. The zero-order valence-electron chi connectivity index (χ0n) is 11.1. The highest BCUT2D eigenvalue weighted by Crippen LogP contribution is 2.28. The number of hydrogen-bond acceptors (Lipinski definition) is 4. The molecule has 2 N–H and O–H groups in total. The van der Waals surface area contributed by atoms with Crippen LogP contribution in [0.2, 0.25) is 0 Å². The minimum absolute atomic E-state index is 0.558. The van der Waals surface area contributed by atoms with Gasteiger partial charge in [0.15, 0.2) is 0 Å². The fourth-order valence-electron chi connectivity index (χ4n) is 1.71. The van der Waals surface area contributed by atoms with Crippen molar-refractivity contribution in [3.8, 4) is 0 Å². The van der Waals surface area contributed by atoms with Crippen LogP contribution >= 0.6 is 27.3 Å². The summed E-state index contributed by atoms with van der Waals surface area (Å²) in [4.78, 5) is 2.41. The molecule has 0 radical (unpaired) electrons. The smallest absolute Gasteiger partial charge is 0.229 e. The van der Waals surface area contributed by atoms with Crippen LogP contribution in [0.15, 0.2) is 34.8 Å². The number of rotatable bonds is 5. The highest BCUT2D eigenvalue weighted by molar-refractivity contribution is 9.10. The van der Waals surface area contributed by atoms with Gasteiger partial charge < -0.3 is 5.32 Å². The molecule has 0 aliphatic carbocycles. The van der Waals surface area contributed by atoms with Gasteiger partial charge in [-0.05, 0) is 41.1 Å².